The van der Waals surface area contributed by atoms with Gasteiger partial charge in [-0.25, -0.2) is 4.79 Å². The molecule has 9 heteroatoms. The fourth-order valence-electron chi connectivity index (χ4n) is 0.470. The molecule has 0 unspecified atom stereocenters. The summed E-state index contributed by atoms with van der Waals surface area (Å²) in [6, 6.07) is 0. The molecule has 0 bridgehead atoms. The summed E-state index contributed by atoms with van der Waals surface area (Å²) >= 11 is 0. The number of nitrogens with one attached hydrogen (secondary N) is 1. The molecule has 68 valence electrons. The average molecular weight is 213 g/mol. The summed E-state index contributed by atoms with van der Waals surface area (Å²) in [5.74, 6) is -0.599. The number of nitrogens with zero attached hydrogens (tertiary/aromatic N) is 1. The van der Waals surface area contributed by atoms with E-state index in [1.54, 1.807) is 0 Å². The molecule has 0 aromatic carbocycles. The molecule has 12 heavy (non-hydrogen) atoms. The van der Waals surface area contributed by atoms with Crippen LogP contribution in [-0.2, 0) is 16.7 Å². The van der Waals surface area contributed by atoms with Gasteiger partial charge in [-0.15, -0.1) is 0 Å². The SMILES string of the molecule is O=c1[nH]c(C[S+]=P(O)(O)O)no1. The van der Waals surface area contributed by atoms with Gasteiger partial charge in [0, 0.05) is 0 Å². The molecule has 0 atom stereocenters. The first-order chi connectivity index (χ1) is 5.47. The molecule has 0 spiro atoms. The Morgan fingerprint density at radius 3 is 2.67 bits per heavy atom. The largest absolute Gasteiger partial charge is 0.515 e. The number of rotatable bonds is 2. The van der Waals surface area contributed by atoms with Crippen LogP contribution in [0.5, 0.6) is 0 Å². The Hall–Kier alpha value is -0.530. The van der Waals surface area contributed by atoms with Gasteiger partial charge in [-0.3, -0.25) is 24.2 Å². The molecular weight excluding hydrogens is 207 g/mol. The smallest absolute Gasteiger partial charge is 0.296 e. The number of aromatic nitrogens is 2. The summed E-state index contributed by atoms with van der Waals surface area (Å²) < 4.78 is 4.12. The van der Waals surface area contributed by atoms with Crippen LogP contribution < -0.4 is 5.76 Å². The van der Waals surface area contributed by atoms with Crippen molar-refractivity contribution in [2.45, 2.75) is 5.75 Å². The zero-order valence-corrected chi connectivity index (χ0v) is 7.38. The first-order valence-corrected chi connectivity index (χ1v) is 5.98. The second kappa shape index (κ2) is 3.46. The summed E-state index contributed by atoms with van der Waals surface area (Å²) in [5, 5.41) is 3.24. The van der Waals surface area contributed by atoms with E-state index < -0.39 is 12.5 Å². The minimum atomic E-state index is -3.86. The fraction of sp³-hybridized carbons (Fsp3) is 0.333. The van der Waals surface area contributed by atoms with Gasteiger partial charge in [0.2, 0.25) is 22.5 Å². The fourth-order valence-corrected chi connectivity index (χ4v) is 1.78. The molecule has 4 N–H and O–H groups in total. The Morgan fingerprint density at radius 1 is 1.58 bits per heavy atom. The maximum Gasteiger partial charge on any atom is 0.515 e. The lowest BCUT2D eigenvalue weighted by Crippen LogP contribution is -1.96. The highest BCUT2D eigenvalue weighted by atomic mass is 32.5. The molecule has 1 rings (SSSR count). The summed E-state index contributed by atoms with van der Waals surface area (Å²) in [6.07, 6.45) is 0. The second-order valence-electron chi connectivity index (χ2n) is 1.83. The molecule has 0 aliphatic heterocycles. The lowest BCUT2D eigenvalue weighted by molar-refractivity contribution is 0.363. The molecule has 1 heterocycles. The van der Waals surface area contributed by atoms with E-state index in [9.17, 15) is 4.79 Å². The van der Waals surface area contributed by atoms with E-state index in [-0.39, 0.29) is 11.6 Å². The number of aromatic amines is 1. The molecule has 1 aromatic rings. The van der Waals surface area contributed by atoms with E-state index in [0.29, 0.717) is 10.9 Å². The van der Waals surface area contributed by atoms with Gasteiger partial charge >= 0.3 is 12.5 Å². The van der Waals surface area contributed by atoms with Crippen molar-refractivity contribution >= 4 is 17.7 Å². The van der Waals surface area contributed by atoms with Crippen LogP contribution in [0.2, 0.25) is 0 Å². The third kappa shape index (κ3) is 3.24. The third-order valence-electron chi connectivity index (χ3n) is 0.860. The molecule has 0 aliphatic carbocycles. The highest BCUT2D eigenvalue weighted by molar-refractivity contribution is 8.16. The predicted octanol–water partition coefficient (Wildman–Crippen LogP) is -1.40. The normalized spacial score (nSPS) is 11.6. The van der Waals surface area contributed by atoms with Crippen molar-refractivity contribution in [3.8, 4) is 0 Å². The van der Waals surface area contributed by atoms with E-state index >= 15 is 0 Å². The van der Waals surface area contributed by atoms with Gasteiger partial charge in [-0.2, -0.15) is 0 Å². The van der Waals surface area contributed by atoms with Crippen LogP contribution in [0.3, 0.4) is 0 Å². The molecule has 0 saturated carbocycles. The first-order valence-electron chi connectivity index (χ1n) is 2.74. The van der Waals surface area contributed by atoms with Crippen LogP contribution in [0, 0.1) is 0 Å². The second-order valence-corrected chi connectivity index (χ2v) is 5.65. The number of H-pyrrole nitrogens is 1. The van der Waals surface area contributed by atoms with Crippen molar-refractivity contribution < 1.29 is 19.2 Å². The van der Waals surface area contributed by atoms with Crippen LogP contribution in [0.25, 0.3) is 0 Å². The molecule has 0 amide bonds. The number of hydrogen-bond acceptors (Lipinski definition) is 3. The Balaban J connectivity index is 2.72. The van der Waals surface area contributed by atoms with Crippen molar-refractivity contribution in [2.24, 2.45) is 0 Å². The Kier molecular flexibility index (Phi) is 2.76. The quantitative estimate of drug-likeness (QED) is 0.354. The van der Waals surface area contributed by atoms with E-state index in [4.69, 9.17) is 14.7 Å². The van der Waals surface area contributed by atoms with E-state index in [2.05, 4.69) is 14.7 Å². The van der Waals surface area contributed by atoms with Gasteiger partial charge in [0.25, 0.3) is 0 Å². The standard InChI is InChI=1S/C3H5N2O5PS/c6-3-4-2(5-10-3)1-12-11(7,8)9/h1H2,(H3-,4,5,6,7,8,9)/p+1. The average Bonchev–Trinajstić information content (AvgIpc) is 2.30. The van der Waals surface area contributed by atoms with E-state index in [1.165, 1.54) is 0 Å². The van der Waals surface area contributed by atoms with Crippen LogP contribution in [-0.4, -0.2) is 24.8 Å². The van der Waals surface area contributed by atoms with Gasteiger partial charge < -0.3 is 0 Å². The summed E-state index contributed by atoms with van der Waals surface area (Å²) in [7, 11) is 0.485. The zero-order valence-electron chi connectivity index (χ0n) is 5.67. The summed E-state index contributed by atoms with van der Waals surface area (Å²) in [5.41, 5.74) is 0. The van der Waals surface area contributed by atoms with Crippen molar-refractivity contribution in [1.29, 1.82) is 0 Å². The van der Waals surface area contributed by atoms with Crippen molar-refractivity contribution in [3.63, 3.8) is 0 Å². The van der Waals surface area contributed by atoms with Crippen LogP contribution in [0.4, 0.5) is 0 Å². The Labute approximate surface area is 69.9 Å². The highest BCUT2D eigenvalue weighted by Gasteiger charge is 2.20. The molecule has 0 radical (unpaired) electrons. The molecule has 0 saturated heterocycles. The third-order valence-corrected chi connectivity index (χ3v) is 3.04. The lowest BCUT2D eigenvalue weighted by Gasteiger charge is -1.83. The van der Waals surface area contributed by atoms with Gasteiger partial charge in [-0.1, -0.05) is 5.16 Å². The molecule has 0 fully saturated rings. The number of hydrogen-bond donors (Lipinski definition) is 4. The molecule has 0 aliphatic rings. The summed E-state index contributed by atoms with van der Waals surface area (Å²) in [6.45, 7) is -3.86. The van der Waals surface area contributed by atoms with Crippen LogP contribution >= 0.6 is 6.72 Å². The van der Waals surface area contributed by atoms with Gasteiger partial charge in [0.15, 0.2) is 0 Å². The highest BCUT2D eigenvalue weighted by Crippen LogP contribution is 2.31. The van der Waals surface area contributed by atoms with E-state index in [1.807, 2.05) is 0 Å². The topological polar surface area (TPSA) is 120 Å². The first kappa shape index (κ1) is 9.56. The van der Waals surface area contributed by atoms with Crippen LogP contribution in [0.15, 0.2) is 9.32 Å². The maximum absolute atomic E-state index is 10.3. The van der Waals surface area contributed by atoms with Crippen molar-refractivity contribution in [3.05, 3.63) is 16.4 Å². The van der Waals surface area contributed by atoms with Crippen molar-refractivity contribution in [2.75, 3.05) is 0 Å². The molecule has 1 aromatic heterocycles. The molecular formula is C3H6N2O5PS+. The van der Waals surface area contributed by atoms with Crippen LogP contribution in [0.1, 0.15) is 5.82 Å². The summed E-state index contributed by atoms with van der Waals surface area (Å²) in [4.78, 5) is 38.1. The van der Waals surface area contributed by atoms with Gasteiger partial charge in [0.05, 0.1) is 0 Å². The van der Waals surface area contributed by atoms with E-state index in [0.717, 1.165) is 0 Å². The van der Waals surface area contributed by atoms with Gasteiger partial charge in [-0.05, 0) is 0 Å². The minimum absolute atomic E-state index is 0.0248. The molecule has 7 nitrogen and oxygen atoms in total. The van der Waals surface area contributed by atoms with Crippen molar-refractivity contribution in [1.82, 2.24) is 10.1 Å². The maximum atomic E-state index is 10.3. The lowest BCUT2D eigenvalue weighted by atomic mass is 10.7. The predicted molar refractivity (Wildman–Crippen MR) is 41.8 cm³/mol. The minimum Gasteiger partial charge on any atom is -0.296 e. The van der Waals surface area contributed by atoms with Gasteiger partial charge in [0.1, 0.15) is 0 Å². The monoisotopic (exact) mass is 213 g/mol. The Bertz CT molecular complexity index is 355. The Morgan fingerprint density at radius 2 is 2.25 bits per heavy atom. The zero-order chi connectivity index (χ0) is 9.19.